The summed E-state index contributed by atoms with van der Waals surface area (Å²) in [5.41, 5.74) is 0.420. The molecule has 0 aliphatic heterocycles. The van der Waals surface area contributed by atoms with Crippen molar-refractivity contribution in [2.75, 3.05) is 5.32 Å². The van der Waals surface area contributed by atoms with Gasteiger partial charge in [0.1, 0.15) is 23.9 Å². The number of ether oxygens (including phenoxy) is 1. The van der Waals surface area contributed by atoms with Gasteiger partial charge in [-0.2, -0.15) is 0 Å². The standard InChI is InChI=1S/C21H21FN2O5S/c1-14(2)24-30(26,27)19-10-5-16(6-11-19)23-21(25)20-12-9-18(29-20)13-28-17-7-3-15(22)4-8-17/h3-12,14,24H,13H2,1-2H3,(H,23,25). The summed E-state index contributed by atoms with van der Waals surface area (Å²) in [5, 5.41) is 2.64. The highest BCUT2D eigenvalue weighted by Gasteiger charge is 2.16. The van der Waals surface area contributed by atoms with Crippen LogP contribution in [-0.2, 0) is 16.6 Å². The van der Waals surface area contributed by atoms with Crippen LogP contribution in [0.2, 0.25) is 0 Å². The Hall–Kier alpha value is -3.17. The molecule has 0 aliphatic carbocycles. The molecule has 3 aromatic rings. The van der Waals surface area contributed by atoms with E-state index in [9.17, 15) is 17.6 Å². The first kappa shape index (κ1) is 21.5. The summed E-state index contributed by atoms with van der Waals surface area (Å²) in [6.45, 7) is 3.54. The van der Waals surface area contributed by atoms with E-state index in [1.807, 2.05) is 0 Å². The third-order valence-corrected chi connectivity index (χ3v) is 5.57. The van der Waals surface area contributed by atoms with Crippen LogP contribution in [0.25, 0.3) is 0 Å². The van der Waals surface area contributed by atoms with E-state index in [4.69, 9.17) is 9.15 Å². The average molecular weight is 432 g/mol. The molecular formula is C21H21FN2O5S. The van der Waals surface area contributed by atoms with E-state index in [0.29, 0.717) is 17.2 Å². The highest BCUT2D eigenvalue weighted by Crippen LogP contribution is 2.18. The van der Waals surface area contributed by atoms with Gasteiger partial charge < -0.3 is 14.5 Å². The van der Waals surface area contributed by atoms with Crippen molar-refractivity contribution < 1.29 is 26.8 Å². The summed E-state index contributed by atoms with van der Waals surface area (Å²) >= 11 is 0. The summed E-state index contributed by atoms with van der Waals surface area (Å²) in [4.78, 5) is 12.5. The fourth-order valence-electron chi connectivity index (χ4n) is 2.55. The van der Waals surface area contributed by atoms with E-state index in [-0.39, 0.29) is 29.1 Å². The predicted molar refractivity (Wildman–Crippen MR) is 109 cm³/mol. The summed E-state index contributed by atoms with van der Waals surface area (Å²) in [5.74, 6) is 0.123. The third kappa shape index (κ3) is 5.68. The number of hydrogen-bond donors (Lipinski definition) is 2. The van der Waals surface area contributed by atoms with E-state index in [0.717, 1.165) is 0 Å². The van der Waals surface area contributed by atoms with Gasteiger partial charge in [0.15, 0.2) is 5.76 Å². The first-order valence-corrected chi connectivity index (χ1v) is 10.6. The lowest BCUT2D eigenvalue weighted by atomic mass is 10.3. The van der Waals surface area contributed by atoms with Gasteiger partial charge in [-0.25, -0.2) is 17.5 Å². The number of carbonyl (C=O) groups excluding carboxylic acids is 1. The smallest absolute Gasteiger partial charge is 0.291 e. The zero-order chi connectivity index (χ0) is 21.7. The normalized spacial score (nSPS) is 11.5. The lowest BCUT2D eigenvalue weighted by Crippen LogP contribution is -2.30. The molecule has 0 spiro atoms. The van der Waals surface area contributed by atoms with Gasteiger partial charge in [-0.15, -0.1) is 0 Å². The quantitative estimate of drug-likeness (QED) is 0.562. The number of nitrogens with one attached hydrogen (secondary N) is 2. The van der Waals surface area contributed by atoms with E-state index in [2.05, 4.69) is 10.0 Å². The first-order valence-electron chi connectivity index (χ1n) is 9.14. The monoisotopic (exact) mass is 432 g/mol. The molecule has 30 heavy (non-hydrogen) atoms. The number of anilines is 1. The fourth-order valence-corrected chi connectivity index (χ4v) is 3.80. The van der Waals surface area contributed by atoms with Gasteiger partial charge in [-0.1, -0.05) is 0 Å². The molecule has 2 aromatic carbocycles. The topological polar surface area (TPSA) is 97.6 Å². The van der Waals surface area contributed by atoms with Crippen LogP contribution in [0.15, 0.2) is 70.0 Å². The number of rotatable bonds is 8. The number of benzene rings is 2. The molecular weight excluding hydrogens is 411 g/mol. The van der Waals surface area contributed by atoms with Crippen LogP contribution < -0.4 is 14.8 Å². The number of hydrogen-bond acceptors (Lipinski definition) is 5. The fraction of sp³-hybridized carbons (Fsp3) is 0.190. The van der Waals surface area contributed by atoms with Crippen LogP contribution in [-0.4, -0.2) is 20.4 Å². The number of amides is 1. The maximum Gasteiger partial charge on any atom is 0.291 e. The summed E-state index contributed by atoms with van der Waals surface area (Å²) < 4.78 is 50.6. The number of furan rings is 1. The van der Waals surface area contributed by atoms with Crippen molar-refractivity contribution in [2.24, 2.45) is 0 Å². The highest BCUT2D eigenvalue weighted by molar-refractivity contribution is 7.89. The average Bonchev–Trinajstić information content (AvgIpc) is 3.16. The molecule has 1 aromatic heterocycles. The minimum Gasteiger partial charge on any atom is -0.486 e. The molecule has 0 atom stereocenters. The maximum atomic E-state index is 12.9. The first-order chi connectivity index (χ1) is 14.2. The second kappa shape index (κ2) is 9.10. The molecule has 0 radical (unpaired) electrons. The van der Waals surface area contributed by atoms with E-state index < -0.39 is 15.9 Å². The zero-order valence-electron chi connectivity index (χ0n) is 16.4. The Kier molecular flexibility index (Phi) is 6.53. The Bertz CT molecular complexity index is 1110. The Morgan fingerprint density at radius 3 is 2.33 bits per heavy atom. The van der Waals surface area contributed by atoms with Crippen LogP contribution in [0.3, 0.4) is 0 Å². The lowest BCUT2D eigenvalue weighted by molar-refractivity contribution is 0.0992. The van der Waals surface area contributed by atoms with Crippen LogP contribution in [0.5, 0.6) is 5.75 Å². The summed E-state index contributed by atoms with van der Waals surface area (Å²) in [6.07, 6.45) is 0. The van der Waals surface area contributed by atoms with Crippen LogP contribution in [0, 0.1) is 5.82 Å². The van der Waals surface area contributed by atoms with Crippen LogP contribution >= 0.6 is 0 Å². The molecule has 0 saturated carbocycles. The number of sulfonamides is 1. The van der Waals surface area contributed by atoms with Crippen molar-refractivity contribution in [1.29, 1.82) is 0 Å². The largest absolute Gasteiger partial charge is 0.486 e. The Labute approximate surface area is 173 Å². The number of halogens is 1. The van der Waals surface area contributed by atoms with Crippen molar-refractivity contribution in [3.8, 4) is 5.75 Å². The van der Waals surface area contributed by atoms with Gasteiger partial charge in [0, 0.05) is 11.7 Å². The van der Waals surface area contributed by atoms with Gasteiger partial charge in [0.25, 0.3) is 5.91 Å². The van der Waals surface area contributed by atoms with Crippen molar-refractivity contribution in [2.45, 2.75) is 31.4 Å². The van der Waals surface area contributed by atoms with Crippen molar-refractivity contribution in [3.63, 3.8) is 0 Å². The van der Waals surface area contributed by atoms with Crippen molar-refractivity contribution in [1.82, 2.24) is 4.72 Å². The highest BCUT2D eigenvalue weighted by atomic mass is 32.2. The Morgan fingerprint density at radius 1 is 1.03 bits per heavy atom. The molecule has 1 heterocycles. The van der Waals surface area contributed by atoms with Crippen molar-refractivity contribution in [3.05, 3.63) is 78.0 Å². The van der Waals surface area contributed by atoms with Gasteiger partial charge in [0.05, 0.1) is 4.90 Å². The van der Waals surface area contributed by atoms with E-state index in [1.165, 1.54) is 54.6 Å². The van der Waals surface area contributed by atoms with Crippen LogP contribution in [0.4, 0.5) is 10.1 Å². The van der Waals surface area contributed by atoms with E-state index in [1.54, 1.807) is 19.9 Å². The molecule has 0 unspecified atom stereocenters. The minimum atomic E-state index is -3.60. The zero-order valence-corrected chi connectivity index (χ0v) is 17.2. The second-order valence-electron chi connectivity index (χ2n) is 6.76. The lowest BCUT2D eigenvalue weighted by Gasteiger charge is -2.10. The van der Waals surface area contributed by atoms with Crippen molar-refractivity contribution >= 4 is 21.6 Å². The molecule has 7 nitrogen and oxygen atoms in total. The van der Waals surface area contributed by atoms with E-state index >= 15 is 0 Å². The van der Waals surface area contributed by atoms with Crippen LogP contribution in [0.1, 0.15) is 30.2 Å². The maximum absolute atomic E-state index is 12.9. The van der Waals surface area contributed by atoms with Gasteiger partial charge in [-0.3, -0.25) is 4.79 Å². The molecule has 0 aliphatic rings. The third-order valence-electron chi connectivity index (χ3n) is 3.89. The molecule has 158 valence electrons. The van der Waals surface area contributed by atoms with Gasteiger partial charge >= 0.3 is 0 Å². The summed E-state index contributed by atoms with van der Waals surface area (Å²) in [6, 6.07) is 14.2. The SMILES string of the molecule is CC(C)NS(=O)(=O)c1ccc(NC(=O)c2ccc(COc3ccc(F)cc3)o2)cc1. The second-order valence-corrected chi connectivity index (χ2v) is 8.48. The molecule has 2 N–H and O–H groups in total. The van der Waals surface area contributed by atoms with Gasteiger partial charge in [0.2, 0.25) is 10.0 Å². The minimum absolute atomic E-state index is 0.0749. The number of carbonyl (C=O) groups is 1. The summed E-state index contributed by atoms with van der Waals surface area (Å²) in [7, 11) is -3.60. The predicted octanol–water partition coefficient (Wildman–Crippen LogP) is 3.94. The molecule has 0 saturated heterocycles. The molecule has 0 fully saturated rings. The molecule has 1 amide bonds. The Balaban J connectivity index is 1.59. The molecule has 0 bridgehead atoms. The molecule has 9 heteroatoms. The molecule has 3 rings (SSSR count). The Morgan fingerprint density at radius 2 is 1.70 bits per heavy atom. The van der Waals surface area contributed by atoms with Gasteiger partial charge in [-0.05, 0) is 74.5 Å².